The van der Waals surface area contributed by atoms with Crippen LogP contribution in [0.2, 0.25) is 0 Å². The molecule has 126 valence electrons. The van der Waals surface area contributed by atoms with Gasteiger partial charge in [0, 0.05) is 19.3 Å². The van der Waals surface area contributed by atoms with Crippen LogP contribution in [0.4, 0.5) is 0 Å². The summed E-state index contributed by atoms with van der Waals surface area (Å²) in [5.41, 5.74) is 2.13. The average Bonchev–Trinajstić information content (AvgIpc) is 2.89. The molecule has 0 spiro atoms. The van der Waals surface area contributed by atoms with Crippen LogP contribution in [-0.2, 0) is 23.0 Å². The van der Waals surface area contributed by atoms with Crippen molar-refractivity contribution in [2.24, 2.45) is 5.92 Å². The van der Waals surface area contributed by atoms with Crippen molar-refractivity contribution in [1.82, 2.24) is 14.5 Å². The second-order valence-electron chi connectivity index (χ2n) is 6.21. The van der Waals surface area contributed by atoms with Crippen LogP contribution in [0.15, 0.2) is 41.4 Å². The Morgan fingerprint density at radius 1 is 1.17 bits per heavy atom. The number of aryl methyl sites for hydroxylation is 2. The van der Waals surface area contributed by atoms with Gasteiger partial charge < -0.3 is 0 Å². The molecule has 0 fully saturated rings. The van der Waals surface area contributed by atoms with Crippen LogP contribution in [0, 0.1) is 12.8 Å². The van der Waals surface area contributed by atoms with Crippen LogP contribution in [-0.4, -0.2) is 24.7 Å². The van der Waals surface area contributed by atoms with E-state index in [0.29, 0.717) is 30.3 Å². The number of benzene rings is 1. The number of rotatable bonds is 8. The maximum absolute atomic E-state index is 12.2. The standard InChI is InChI=1S/C17H25N3O2S/c1-14(2)13-16-5-7-17(8-6-16)23(21,22)18-10-4-11-20-12-9-15(3)19-20/h5-9,12,14,18H,4,10-11,13H2,1-3H3. The zero-order valence-electron chi connectivity index (χ0n) is 14.0. The minimum atomic E-state index is -3.43. The van der Waals surface area contributed by atoms with Gasteiger partial charge in [0.05, 0.1) is 10.6 Å². The monoisotopic (exact) mass is 335 g/mol. The minimum absolute atomic E-state index is 0.319. The Hall–Kier alpha value is -1.66. The lowest BCUT2D eigenvalue weighted by molar-refractivity contribution is 0.551. The van der Waals surface area contributed by atoms with Crippen molar-refractivity contribution in [3.8, 4) is 0 Å². The van der Waals surface area contributed by atoms with Crippen molar-refractivity contribution in [3.05, 3.63) is 47.8 Å². The normalized spacial score (nSPS) is 12.0. The van der Waals surface area contributed by atoms with E-state index >= 15 is 0 Å². The second kappa shape index (κ2) is 7.75. The van der Waals surface area contributed by atoms with Gasteiger partial charge in [-0.3, -0.25) is 4.68 Å². The van der Waals surface area contributed by atoms with E-state index in [1.165, 1.54) is 0 Å². The number of aromatic nitrogens is 2. The largest absolute Gasteiger partial charge is 0.272 e. The van der Waals surface area contributed by atoms with Crippen LogP contribution < -0.4 is 4.72 Å². The summed E-state index contributed by atoms with van der Waals surface area (Å²) in [7, 11) is -3.43. The molecule has 2 rings (SSSR count). The third kappa shape index (κ3) is 5.48. The molecule has 0 aliphatic rings. The first-order valence-corrected chi connectivity index (χ1v) is 9.44. The van der Waals surface area contributed by atoms with E-state index in [4.69, 9.17) is 0 Å². The SMILES string of the molecule is Cc1ccn(CCCNS(=O)(=O)c2ccc(CC(C)C)cc2)n1. The molecule has 1 heterocycles. The number of hydrogen-bond acceptors (Lipinski definition) is 3. The summed E-state index contributed by atoms with van der Waals surface area (Å²) in [6.07, 6.45) is 3.56. The number of nitrogens with one attached hydrogen (secondary N) is 1. The van der Waals surface area contributed by atoms with Gasteiger partial charge >= 0.3 is 0 Å². The summed E-state index contributed by atoms with van der Waals surface area (Å²) < 4.78 is 29.0. The smallest absolute Gasteiger partial charge is 0.240 e. The molecule has 1 aromatic heterocycles. The van der Waals surface area contributed by atoms with E-state index in [1.807, 2.05) is 36.0 Å². The van der Waals surface area contributed by atoms with E-state index in [1.54, 1.807) is 12.1 Å². The van der Waals surface area contributed by atoms with Gasteiger partial charge in [-0.1, -0.05) is 26.0 Å². The molecule has 0 bridgehead atoms. The Labute approximate surface area is 138 Å². The molecule has 2 aromatic rings. The Kier molecular flexibility index (Phi) is 5.96. The fourth-order valence-corrected chi connectivity index (χ4v) is 3.47. The number of sulfonamides is 1. The molecule has 1 aromatic carbocycles. The highest BCUT2D eigenvalue weighted by molar-refractivity contribution is 7.89. The Bertz CT molecular complexity index is 719. The van der Waals surface area contributed by atoms with E-state index < -0.39 is 10.0 Å². The number of hydrogen-bond donors (Lipinski definition) is 1. The predicted molar refractivity (Wildman–Crippen MR) is 91.8 cm³/mol. The van der Waals surface area contributed by atoms with E-state index in [0.717, 1.165) is 17.7 Å². The molecule has 0 amide bonds. The van der Waals surface area contributed by atoms with Gasteiger partial charge in [0.2, 0.25) is 10.0 Å². The summed E-state index contributed by atoms with van der Waals surface area (Å²) >= 11 is 0. The van der Waals surface area contributed by atoms with Gasteiger partial charge in [-0.2, -0.15) is 5.10 Å². The minimum Gasteiger partial charge on any atom is -0.272 e. The Morgan fingerprint density at radius 3 is 2.43 bits per heavy atom. The van der Waals surface area contributed by atoms with Crippen molar-refractivity contribution in [2.45, 2.75) is 45.1 Å². The lowest BCUT2D eigenvalue weighted by atomic mass is 10.0. The van der Waals surface area contributed by atoms with Crippen molar-refractivity contribution in [2.75, 3.05) is 6.54 Å². The second-order valence-corrected chi connectivity index (χ2v) is 7.98. The van der Waals surface area contributed by atoms with Crippen molar-refractivity contribution in [1.29, 1.82) is 0 Å². The summed E-state index contributed by atoms with van der Waals surface area (Å²) in [6.45, 7) is 7.32. The molecule has 23 heavy (non-hydrogen) atoms. The van der Waals surface area contributed by atoms with Gasteiger partial charge in [0.1, 0.15) is 0 Å². The molecule has 0 radical (unpaired) electrons. The quantitative estimate of drug-likeness (QED) is 0.755. The molecule has 1 N–H and O–H groups in total. The van der Waals surface area contributed by atoms with E-state index in [9.17, 15) is 8.42 Å². The number of nitrogens with zero attached hydrogens (tertiary/aromatic N) is 2. The van der Waals surface area contributed by atoms with Gasteiger partial charge in [-0.05, 0) is 49.4 Å². The zero-order valence-corrected chi connectivity index (χ0v) is 14.8. The fraction of sp³-hybridized carbons (Fsp3) is 0.471. The fourth-order valence-electron chi connectivity index (χ4n) is 2.39. The Morgan fingerprint density at radius 2 is 1.87 bits per heavy atom. The molecule has 0 aliphatic heterocycles. The topological polar surface area (TPSA) is 64.0 Å². The molecule has 0 saturated carbocycles. The lowest BCUT2D eigenvalue weighted by Crippen LogP contribution is -2.25. The van der Waals surface area contributed by atoms with Gasteiger partial charge in [0.15, 0.2) is 0 Å². The highest BCUT2D eigenvalue weighted by Crippen LogP contribution is 2.13. The third-order valence-electron chi connectivity index (χ3n) is 3.51. The molecule has 6 heteroatoms. The molecule has 0 aliphatic carbocycles. The lowest BCUT2D eigenvalue weighted by Gasteiger charge is -2.09. The van der Waals surface area contributed by atoms with Crippen molar-refractivity contribution < 1.29 is 8.42 Å². The van der Waals surface area contributed by atoms with Crippen LogP contribution in [0.1, 0.15) is 31.5 Å². The molecular weight excluding hydrogens is 310 g/mol. The predicted octanol–water partition coefficient (Wildman–Crippen LogP) is 2.76. The van der Waals surface area contributed by atoms with Crippen molar-refractivity contribution >= 4 is 10.0 Å². The zero-order chi connectivity index (χ0) is 16.9. The maximum atomic E-state index is 12.2. The average molecular weight is 335 g/mol. The maximum Gasteiger partial charge on any atom is 0.240 e. The van der Waals surface area contributed by atoms with Crippen molar-refractivity contribution in [3.63, 3.8) is 0 Å². The molecular formula is C17H25N3O2S. The molecule has 0 unspecified atom stereocenters. The summed E-state index contributed by atoms with van der Waals surface area (Å²) in [5.74, 6) is 0.557. The summed E-state index contributed by atoms with van der Waals surface area (Å²) in [6, 6.07) is 9.07. The Balaban J connectivity index is 1.85. The van der Waals surface area contributed by atoms with Crippen LogP contribution in [0.3, 0.4) is 0 Å². The van der Waals surface area contributed by atoms with Gasteiger partial charge in [0.25, 0.3) is 0 Å². The molecule has 0 atom stereocenters. The molecule has 0 saturated heterocycles. The van der Waals surface area contributed by atoms with E-state index in [2.05, 4.69) is 23.7 Å². The highest BCUT2D eigenvalue weighted by Gasteiger charge is 2.13. The van der Waals surface area contributed by atoms with Crippen LogP contribution in [0.25, 0.3) is 0 Å². The summed E-state index contributed by atoms with van der Waals surface area (Å²) in [5, 5.41) is 4.28. The first-order valence-electron chi connectivity index (χ1n) is 7.95. The van der Waals surface area contributed by atoms with Crippen LogP contribution in [0.5, 0.6) is 0 Å². The highest BCUT2D eigenvalue weighted by atomic mass is 32.2. The van der Waals surface area contributed by atoms with Gasteiger partial charge in [-0.25, -0.2) is 13.1 Å². The first-order chi connectivity index (χ1) is 10.9. The third-order valence-corrected chi connectivity index (χ3v) is 4.98. The van der Waals surface area contributed by atoms with Gasteiger partial charge in [-0.15, -0.1) is 0 Å². The summed E-state index contributed by atoms with van der Waals surface area (Å²) in [4.78, 5) is 0.319. The van der Waals surface area contributed by atoms with Crippen LogP contribution >= 0.6 is 0 Å². The molecule has 5 nitrogen and oxygen atoms in total. The van der Waals surface area contributed by atoms with E-state index in [-0.39, 0.29) is 0 Å². The first kappa shape index (κ1) is 17.7.